The molecule has 1 N–H and O–H groups in total. The van der Waals surface area contributed by atoms with Crippen LogP contribution in [0.1, 0.15) is 15.9 Å². The number of hydrogen-bond donors (Lipinski definition) is 1. The fourth-order valence-corrected chi connectivity index (χ4v) is 2.77. The highest BCUT2D eigenvalue weighted by molar-refractivity contribution is 6.10. The van der Waals surface area contributed by atoms with Crippen molar-refractivity contribution >= 4 is 34.9 Å². The van der Waals surface area contributed by atoms with Gasteiger partial charge in [0.1, 0.15) is 18.0 Å². The first kappa shape index (κ1) is 19.7. The van der Waals surface area contributed by atoms with Gasteiger partial charge in [0.25, 0.3) is 17.5 Å². The molecule has 0 atom stereocenters. The number of rotatable bonds is 6. The van der Waals surface area contributed by atoms with Crippen molar-refractivity contribution in [2.75, 3.05) is 18.5 Å². The molecule has 2 aromatic rings. The van der Waals surface area contributed by atoms with Crippen LogP contribution in [0, 0.1) is 15.9 Å². The van der Waals surface area contributed by atoms with Gasteiger partial charge in [0.15, 0.2) is 6.61 Å². The number of nitro groups is 1. The Balaban J connectivity index is 1.57. The fourth-order valence-electron chi connectivity index (χ4n) is 2.77. The fraction of sp³-hybridized carbons (Fsp3) is 0.105. The summed E-state index contributed by atoms with van der Waals surface area (Å²) >= 11 is 0. The quantitative estimate of drug-likeness (QED) is 0.452. The van der Waals surface area contributed by atoms with Gasteiger partial charge in [-0.3, -0.25) is 29.4 Å². The van der Waals surface area contributed by atoms with Crippen LogP contribution in [-0.2, 0) is 14.3 Å². The molecular formula is C19H14FN3O6. The smallest absolute Gasteiger partial charge is 0.326 e. The van der Waals surface area contributed by atoms with Crippen LogP contribution in [0.4, 0.5) is 15.8 Å². The summed E-state index contributed by atoms with van der Waals surface area (Å²) < 4.78 is 18.0. The summed E-state index contributed by atoms with van der Waals surface area (Å²) in [5.74, 6) is -2.97. The van der Waals surface area contributed by atoms with Gasteiger partial charge in [-0.25, -0.2) is 4.39 Å². The lowest BCUT2D eigenvalue weighted by atomic mass is 10.1. The molecule has 2 amide bonds. The van der Waals surface area contributed by atoms with E-state index in [0.29, 0.717) is 22.9 Å². The molecule has 0 aliphatic carbocycles. The predicted molar refractivity (Wildman–Crippen MR) is 99.2 cm³/mol. The number of benzene rings is 2. The van der Waals surface area contributed by atoms with Crippen LogP contribution in [0.2, 0.25) is 0 Å². The molecule has 29 heavy (non-hydrogen) atoms. The van der Waals surface area contributed by atoms with E-state index in [4.69, 9.17) is 4.74 Å². The molecule has 0 saturated heterocycles. The Kier molecular flexibility index (Phi) is 5.35. The Morgan fingerprint density at radius 3 is 2.55 bits per heavy atom. The zero-order valence-corrected chi connectivity index (χ0v) is 14.9. The lowest BCUT2D eigenvalue weighted by Gasteiger charge is -2.16. The number of amides is 2. The van der Waals surface area contributed by atoms with Crippen LogP contribution in [0.5, 0.6) is 0 Å². The van der Waals surface area contributed by atoms with E-state index in [-0.39, 0.29) is 5.69 Å². The van der Waals surface area contributed by atoms with E-state index in [1.807, 2.05) is 0 Å². The summed E-state index contributed by atoms with van der Waals surface area (Å²) in [7, 11) is 0. The van der Waals surface area contributed by atoms with Gasteiger partial charge in [0, 0.05) is 16.8 Å². The number of hydrogen-bond acceptors (Lipinski definition) is 6. The number of carbonyl (C=O) groups is 3. The molecule has 1 aliphatic heterocycles. The second-order valence-electron chi connectivity index (χ2n) is 6.01. The van der Waals surface area contributed by atoms with Crippen molar-refractivity contribution < 1.29 is 28.4 Å². The third-order valence-electron chi connectivity index (χ3n) is 4.12. The van der Waals surface area contributed by atoms with Crippen molar-refractivity contribution in [1.82, 2.24) is 4.90 Å². The van der Waals surface area contributed by atoms with Crippen LogP contribution >= 0.6 is 0 Å². The molecule has 148 valence electrons. The van der Waals surface area contributed by atoms with Crippen LogP contribution in [0.15, 0.2) is 49.0 Å². The second-order valence-corrected chi connectivity index (χ2v) is 6.01. The average molecular weight is 399 g/mol. The van der Waals surface area contributed by atoms with Gasteiger partial charge < -0.3 is 10.1 Å². The first-order chi connectivity index (χ1) is 13.8. The van der Waals surface area contributed by atoms with Gasteiger partial charge in [0.05, 0.1) is 11.0 Å². The summed E-state index contributed by atoms with van der Waals surface area (Å²) in [4.78, 5) is 47.5. The first-order valence-corrected chi connectivity index (χ1v) is 8.27. The third kappa shape index (κ3) is 4.10. The number of nitrogens with zero attached hydrogens (tertiary/aromatic N) is 2. The highest BCUT2D eigenvalue weighted by Crippen LogP contribution is 2.30. The topological polar surface area (TPSA) is 119 Å². The minimum absolute atomic E-state index is 0.240. The highest BCUT2D eigenvalue weighted by Gasteiger charge is 2.32. The van der Waals surface area contributed by atoms with Gasteiger partial charge >= 0.3 is 5.97 Å². The van der Waals surface area contributed by atoms with Crippen molar-refractivity contribution in [3.05, 3.63) is 76.1 Å². The SMILES string of the molecule is C=C1c2ccccc2C(=O)N1CC(=O)OCC(=O)Nc1ccc(F)cc1[N+](=O)[O-]. The Morgan fingerprint density at radius 1 is 1.21 bits per heavy atom. The second kappa shape index (κ2) is 7.89. The summed E-state index contributed by atoms with van der Waals surface area (Å²) in [6.45, 7) is 2.60. The van der Waals surface area contributed by atoms with E-state index in [1.54, 1.807) is 24.3 Å². The van der Waals surface area contributed by atoms with Crippen LogP contribution < -0.4 is 5.32 Å². The molecule has 1 heterocycles. The maximum atomic E-state index is 13.1. The molecule has 0 spiro atoms. The Hall–Kier alpha value is -4.08. The molecule has 3 rings (SSSR count). The van der Waals surface area contributed by atoms with Crippen molar-refractivity contribution in [2.45, 2.75) is 0 Å². The number of anilines is 1. The van der Waals surface area contributed by atoms with Gasteiger partial charge in [-0.2, -0.15) is 0 Å². The van der Waals surface area contributed by atoms with E-state index < -0.39 is 47.4 Å². The molecular weight excluding hydrogens is 385 g/mol. The molecule has 0 saturated carbocycles. The number of nitro benzene ring substituents is 1. The minimum atomic E-state index is -0.865. The normalized spacial score (nSPS) is 12.5. The Labute approximate surface area is 163 Å². The number of halogens is 1. The molecule has 0 radical (unpaired) electrons. The average Bonchev–Trinajstić information content (AvgIpc) is 2.93. The molecule has 1 aliphatic rings. The van der Waals surface area contributed by atoms with Crippen LogP contribution in [0.3, 0.4) is 0 Å². The summed E-state index contributed by atoms with van der Waals surface area (Å²) in [6, 6.07) is 9.35. The van der Waals surface area contributed by atoms with E-state index in [1.165, 1.54) is 0 Å². The maximum Gasteiger partial charge on any atom is 0.326 e. The zero-order chi connectivity index (χ0) is 21.1. The number of fused-ring (bicyclic) bond motifs is 1. The largest absolute Gasteiger partial charge is 0.454 e. The Bertz CT molecular complexity index is 1020. The molecule has 0 unspecified atom stereocenters. The highest BCUT2D eigenvalue weighted by atomic mass is 19.1. The van der Waals surface area contributed by atoms with Gasteiger partial charge in [-0.05, 0) is 18.2 Å². The minimum Gasteiger partial charge on any atom is -0.454 e. The van der Waals surface area contributed by atoms with Crippen LogP contribution in [0.25, 0.3) is 5.70 Å². The standard InChI is InChI=1S/C19H14FN3O6/c1-11-13-4-2-3-5-14(13)19(26)22(11)9-18(25)29-10-17(24)21-15-7-6-12(20)8-16(15)23(27)28/h2-8H,1,9-10H2,(H,21,24). The maximum absolute atomic E-state index is 13.1. The van der Waals surface area contributed by atoms with E-state index in [9.17, 15) is 28.9 Å². The third-order valence-corrected chi connectivity index (χ3v) is 4.12. The lowest BCUT2D eigenvalue weighted by Crippen LogP contribution is -2.32. The molecule has 9 nitrogen and oxygen atoms in total. The van der Waals surface area contributed by atoms with Crippen molar-refractivity contribution in [3.8, 4) is 0 Å². The molecule has 0 bridgehead atoms. The molecule has 0 aromatic heterocycles. The van der Waals surface area contributed by atoms with Crippen molar-refractivity contribution in [3.63, 3.8) is 0 Å². The predicted octanol–water partition coefficient (Wildman–Crippen LogP) is 2.34. The first-order valence-electron chi connectivity index (χ1n) is 8.27. The molecule has 10 heteroatoms. The number of carbonyl (C=O) groups excluding carboxylic acids is 3. The number of esters is 1. The monoisotopic (exact) mass is 399 g/mol. The van der Waals surface area contributed by atoms with Crippen molar-refractivity contribution in [2.24, 2.45) is 0 Å². The summed E-state index contributed by atoms with van der Waals surface area (Å²) in [5.41, 5.74) is 0.477. The Morgan fingerprint density at radius 2 is 1.90 bits per heavy atom. The summed E-state index contributed by atoms with van der Waals surface area (Å²) in [5, 5.41) is 13.1. The molecule has 2 aromatic carbocycles. The van der Waals surface area contributed by atoms with E-state index >= 15 is 0 Å². The van der Waals surface area contributed by atoms with Crippen molar-refractivity contribution in [1.29, 1.82) is 0 Å². The van der Waals surface area contributed by atoms with E-state index in [0.717, 1.165) is 17.0 Å². The van der Waals surface area contributed by atoms with Crippen LogP contribution in [-0.4, -0.2) is 40.8 Å². The number of nitrogens with one attached hydrogen (secondary N) is 1. The van der Waals surface area contributed by atoms with E-state index in [2.05, 4.69) is 11.9 Å². The summed E-state index contributed by atoms with van der Waals surface area (Å²) in [6.07, 6.45) is 0. The van der Waals surface area contributed by atoms with Gasteiger partial charge in [0.2, 0.25) is 0 Å². The van der Waals surface area contributed by atoms with Gasteiger partial charge in [-0.1, -0.05) is 24.8 Å². The zero-order valence-electron chi connectivity index (χ0n) is 14.9. The number of ether oxygens (including phenoxy) is 1. The molecule has 0 fully saturated rings. The lowest BCUT2D eigenvalue weighted by molar-refractivity contribution is -0.384. The van der Waals surface area contributed by atoms with Gasteiger partial charge in [-0.15, -0.1) is 0 Å².